The normalized spacial score (nSPS) is 9.06. The van der Waals surface area contributed by atoms with Gasteiger partial charge in [-0.3, -0.25) is 0 Å². The number of methoxy groups -OCH3 is 1. The van der Waals surface area contributed by atoms with E-state index in [0.29, 0.717) is 0 Å². The quantitative estimate of drug-likeness (QED) is 0.680. The van der Waals surface area contributed by atoms with Gasteiger partial charge in [0, 0.05) is 18.5 Å². The van der Waals surface area contributed by atoms with Crippen LogP contribution in [0.1, 0.15) is 19.9 Å². The fourth-order valence-corrected chi connectivity index (χ4v) is 1.49. The molecule has 0 N–H and O–H groups in total. The van der Waals surface area contributed by atoms with E-state index in [9.17, 15) is 0 Å². The molecule has 0 spiro atoms. The van der Waals surface area contributed by atoms with E-state index >= 15 is 0 Å². The Morgan fingerprint density at radius 3 is 2.71 bits per heavy atom. The minimum absolute atomic E-state index is 0. The van der Waals surface area contributed by atoms with Gasteiger partial charge in [-0.05, 0) is 24.6 Å². The predicted octanol–water partition coefficient (Wildman–Crippen LogP) is 3.51. The van der Waals surface area contributed by atoms with Crippen LogP contribution in [0.3, 0.4) is 0 Å². The second-order valence-electron chi connectivity index (χ2n) is 3.62. The number of aromatic nitrogens is 1. The minimum Gasteiger partial charge on any atom is -0.497 e. The van der Waals surface area contributed by atoms with Gasteiger partial charge in [-0.2, -0.15) is 0 Å². The molecule has 0 aromatic carbocycles. The lowest BCUT2D eigenvalue weighted by molar-refractivity contribution is 0.414. The Morgan fingerprint density at radius 1 is 1.35 bits per heavy atom. The van der Waals surface area contributed by atoms with E-state index in [1.807, 2.05) is 41.9 Å². The maximum absolute atomic E-state index is 5.19. The van der Waals surface area contributed by atoms with Crippen LogP contribution in [0.25, 0.3) is 5.52 Å². The lowest BCUT2D eigenvalue weighted by atomic mass is 10.2. The Hall–Kier alpha value is -2.14. The first-order chi connectivity index (χ1) is 7.70. The average Bonchev–Trinajstić information content (AvgIpc) is 2.68. The predicted molar refractivity (Wildman–Crippen MR) is 72.4 cm³/mol. The van der Waals surface area contributed by atoms with Crippen LogP contribution in [0.4, 0.5) is 0 Å². The van der Waals surface area contributed by atoms with Crippen LogP contribution >= 0.6 is 0 Å². The number of rotatable bonds is 1. The molecule has 0 saturated heterocycles. The highest BCUT2D eigenvalue weighted by Gasteiger charge is 2.00. The highest BCUT2D eigenvalue weighted by molar-refractivity contribution is 5.65. The van der Waals surface area contributed by atoms with Crippen LogP contribution in [-0.4, -0.2) is 11.5 Å². The molecule has 0 aliphatic heterocycles. The van der Waals surface area contributed by atoms with Crippen molar-refractivity contribution in [1.82, 2.24) is 4.40 Å². The first-order valence-corrected chi connectivity index (χ1v) is 5.03. The van der Waals surface area contributed by atoms with Crippen molar-refractivity contribution in [2.24, 2.45) is 0 Å². The molecule has 17 heavy (non-hydrogen) atoms. The van der Waals surface area contributed by atoms with Crippen molar-refractivity contribution in [3.05, 3.63) is 48.3 Å². The molecule has 0 atom stereocenters. The summed E-state index contributed by atoms with van der Waals surface area (Å²) in [4.78, 5) is 0. The molecule has 2 nitrogen and oxygen atoms in total. The van der Waals surface area contributed by atoms with Gasteiger partial charge >= 0.3 is 0 Å². The number of pyridine rings is 1. The highest BCUT2D eigenvalue weighted by atomic mass is 16.5. The number of hydrogen-bond acceptors (Lipinski definition) is 1. The third-order valence-electron chi connectivity index (χ3n) is 2.28. The average molecular weight is 227 g/mol. The van der Waals surface area contributed by atoms with E-state index in [1.165, 1.54) is 0 Å². The van der Waals surface area contributed by atoms with E-state index in [4.69, 9.17) is 4.74 Å². The molecule has 0 aliphatic carbocycles. The molecule has 2 aromatic rings. The van der Waals surface area contributed by atoms with Crippen molar-refractivity contribution in [3.8, 4) is 17.6 Å². The third-order valence-corrected chi connectivity index (χ3v) is 2.28. The second-order valence-corrected chi connectivity index (χ2v) is 3.62. The topological polar surface area (TPSA) is 13.6 Å². The van der Waals surface area contributed by atoms with E-state index in [-0.39, 0.29) is 7.43 Å². The molecule has 2 heterocycles. The van der Waals surface area contributed by atoms with Crippen molar-refractivity contribution in [3.63, 3.8) is 0 Å². The molecule has 2 rings (SSSR count). The summed E-state index contributed by atoms with van der Waals surface area (Å²) < 4.78 is 7.21. The SMILES string of the molecule is C.C=C(C)C#Cc1ccn2ccc(OC)cc12. The molecule has 0 aliphatic rings. The van der Waals surface area contributed by atoms with Crippen molar-refractivity contribution in [1.29, 1.82) is 0 Å². The van der Waals surface area contributed by atoms with Crippen LogP contribution in [0.15, 0.2) is 42.7 Å². The maximum Gasteiger partial charge on any atom is 0.122 e. The lowest BCUT2D eigenvalue weighted by Crippen LogP contribution is -1.86. The molecule has 0 bridgehead atoms. The van der Waals surface area contributed by atoms with Crippen molar-refractivity contribution in [2.75, 3.05) is 7.11 Å². The molecule has 0 unspecified atom stereocenters. The van der Waals surface area contributed by atoms with Gasteiger partial charge in [-0.1, -0.05) is 25.8 Å². The minimum atomic E-state index is 0. The van der Waals surface area contributed by atoms with E-state index in [2.05, 4.69) is 18.4 Å². The Morgan fingerprint density at radius 2 is 2.06 bits per heavy atom. The molecule has 2 aromatic heterocycles. The lowest BCUT2D eigenvalue weighted by Gasteiger charge is -2.00. The Balaban J connectivity index is 0.00000144. The van der Waals surface area contributed by atoms with Gasteiger partial charge in [-0.25, -0.2) is 0 Å². The van der Waals surface area contributed by atoms with E-state index in [0.717, 1.165) is 22.4 Å². The zero-order valence-electron chi connectivity index (χ0n) is 9.45. The van der Waals surface area contributed by atoms with Crippen LogP contribution in [-0.2, 0) is 0 Å². The fraction of sp³-hybridized carbons (Fsp3) is 0.200. The number of nitrogens with zero attached hydrogens (tertiary/aromatic N) is 1. The first kappa shape index (κ1) is 12.9. The summed E-state index contributed by atoms with van der Waals surface area (Å²) in [7, 11) is 1.66. The monoisotopic (exact) mass is 227 g/mol. The summed E-state index contributed by atoms with van der Waals surface area (Å²) in [5.74, 6) is 6.91. The van der Waals surface area contributed by atoms with E-state index < -0.39 is 0 Å². The standard InChI is InChI=1S/C14H13NO.CH4/c1-11(2)4-5-12-6-8-15-9-7-13(16-3)10-14(12)15;/h6-10H,1H2,2-3H3;1H4. The summed E-state index contributed by atoms with van der Waals surface area (Å²) in [5, 5.41) is 0. The first-order valence-electron chi connectivity index (χ1n) is 5.03. The highest BCUT2D eigenvalue weighted by Crippen LogP contribution is 2.18. The van der Waals surface area contributed by atoms with Crippen molar-refractivity contribution in [2.45, 2.75) is 14.4 Å². The Kier molecular flexibility index (Phi) is 4.01. The van der Waals surface area contributed by atoms with Crippen LogP contribution in [0, 0.1) is 11.8 Å². The third kappa shape index (κ3) is 2.70. The molecular weight excluding hydrogens is 210 g/mol. The molecular formula is C15H17NO. The number of allylic oxidation sites excluding steroid dienone is 1. The van der Waals surface area contributed by atoms with Gasteiger partial charge in [-0.15, -0.1) is 0 Å². The van der Waals surface area contributed by atoms with Crippen LogP contribution in [0.2, 0.25) is 0 Å². The molecule has 2 heteroatoms. The largest absolute Gasteiger partial charge is 0.497 e. The van der Waals surface area contributed by atoms with Crippen LogP contribution < -0.4 is 4.74 Å². The number of ether oxygens (including phenoxy) is 1. The van der Waals surface area contributed by atoms with Gasteiger partial charge in [0.15, 0.2) is 0 Å². The molecule has 0 saturated carbocycles. The van der Waals surface area contributed by atoms with Gasteiger partial charge in [0.2, 0.25) is 0 Å². The maximum atomic E-state index is 5.19. The zero-order valence-corrected chi connectivity index (χ0v) is 9.45. The molecule has 88 valence electrons. The van der Waals surface area contributed by atoms with Gasteiger partial charge in [0.25, 0.3) is 0 Å². The number of fused-ring (bicyclic) bond motifs is 1. The Labute approximate surface area is 103 Å². The molecule has 0 fully saturated rings. The van der Waals surface area contributed by atoms with Gasteiger partial charge < -0.3 is 9.14 Å². The number of hydrogen-bond donors (Lipinski definition) is 0. The molecule has 0 amide bonds. The summed E-state index contributed by atoms with van der Waals surface area (Å²) >= 11 is 0. The van der Waals surface area contributed by atoms with Gasteiger partial charge in [0.05, 0.1) is 18.2 Å². The molecule has 0 radical (unpaired) electrons. The summed E-state index contributed by atoms with van der Waals surface area (Å²) in [6.45, 7) is 5.66. The van der Waals surface area contributed by atoms with Crippen LogP contribution in [0.5, 0.6) is 5.75 Å². The smallest absolute Gasteiger partial charge is 0.122 e. The van der Waals surface area contributed by atoms with Crippen molar-refractivity contribution >= 4 is 5.52 Å². The summed E-state index contributed by atoms with van der Waals surface area (Å²) in [6.07, 6.45) is 3.94. The second kappa shape index (κ2) is 5.27. The van der Waals surface area contributed by atoms with Crippen molar-refractivity contribution < 1.29 is 4.74 Å². The fourth-order valence-electron chi connectivity index (χ4n) is 1.49. The zero-order chi connectivity index (χ0) is 11.5. The summed E-state index contributed by atoms with van der Waals surface area (Å²) in [6, 6.07) is 5.89. The van der Waals surface area contributed by atoms with Gasteiger partial charge in [0.1, 0.15) is 5.75 Å². The summed E-state index contributed by atoms with van der Waals surface area (Å²) in [5.41, 5.74) is 2.90. The van der Waals surface area contributed by atoms with E-state index in [1.54, 1.807) is 7.11 Å². The Bertz CT molecular complexity index is 596.